The van der Waals surface area contributed by atoms with E-state index < -0.39 is 23.1 Å². The molecule has 0 aliphatic rings. The van der Waals surface area contributed by atoms with Crippen LogP contribution in [0.1, 0.15) is 11.8 Å². The summed E-state index contributed by atoms with van der Waals surface area (Å²) in [5, 5.41) is -0.276. The van der Waals surface area contributed by atoms with Crippen LogP contribution in [0.5, 0.6) is 0 Å². The van der Waals surface area contributed by atoms with Crippen molar-refractivity contribution in [2.45, 2.75) is 0 Å². The van der Waals surface area contributed by atoms with E-state index in [1.54, 1.807) is 0 Å². The van der Waals surface area contributed by atoms with E-state index in [9.17, 15) is 14.0 Å². The molecule has 0 bridgehead atoms. The van der Waals surface area contributed by atoms with Gasteiger partial charge in [0, 0.05) is 5.56 Å². The summed E-state index contributed by atoms with van der Waals surface area (Å²) in [5.74, 6) is -2.52. The summed E-state index contributed by atoms with van der Waals surface area (Å²) in [5.41, 5.74) is -0.625. The monoisotopic (exact) mass is 300 g/mol. The minimum absolute atomic E-state index is 0. The molecule has 0 heterocycles. The van der Waals surface area contributed by atoms with Crippen LogP contribution in [0.25, 0.3) is 0 Å². The molecule has 1 rings (SSSR count). The van der Waals surface area contributed by atoms with Crippen molar-refractivity contribution in [1.29, 1.82) is 0 Å². The molecule has 1 aromatic carbocycles. The number of carbonyl (C=O) groups is 2. The van der Waals surface area contributed by atoms with E-state index in [1.807, 2.05) is 0 Å². The fourth-order valence-corrected chi connectivity index (χ4v) is 1.54. The van der Waals surface area contributed by atoms with Crippen molar-refractivity contribution < 1.29 is 49.7 Å². The number of Topliss-reactive ketones (excluding diaryl/α,β-unsaturated/α-hetero) is 1. The standard InChI is InChI=1S/C11H7Cl2FO3.Na.H/c1-5(11(16)17-2)10(15)6-3-9(14)8(13)4-7(6)12;;/h3-4H,1H2,2H3;;/q;+1;-1. The Hall–Kier alpha value is -0.390. The molecule has 92 valence electrons. The zero-order chi connectivity index (χ0) is 13.2. The first-order valence-corrected chi connectivity index (χ1v) is 5.10. The summed E-state index contributed by atoms with van der Waals surface area (Å²) in [6.45, 7) is 3.26. The molecule has 0 unspecified atom stereocenters. The van der Waals surface area contributed by atoms with Gasteiger partial charge in [-0.2, -0.15) is 0 Å². The van der Waals surface area contributed by atoms with Gasteiger partial charge in [0.15, 0.2) is 0 Å². The van der Waals surface area contributed by atoms with Crippen LogP contribution >= 0.6 is 23.2 Å². The largest absolute Gasteiger partial charge is 1.00 e. The molecule has 1 aromatic rings. The molecule has 0 aromatic heterocycles. The summed E-state index contributed by atoms with van der Waals surface area (Å²) in [6.07, 6.45) is 0. The topological polar surface area (TPSA) is 43.4 Å². The van der Waals surface area contributed by atoms with Gasteiger partial charge in [0.2, 0.25) is 5.78 Å². The van der Waals surface area contributed by atoms with E-state index in [2.05, 4.69) is 11.3 Å². The van der Waals surface area contributed by atoms with Gasteiger partial charge in [0.25, 0.3) is 0 Å². The number of hydrogen-bond acceptors (Lipinski definition) is 3. The maximum Gasteiger partial charge on any atom is 1.00 e. The summed E-state index contributed by atoms with van der Waals surface area (Å²) in [6, 6.07) is 1.93. The van der Waals surface area contributed by atoms with Crippen molar-refractivity contribution in [1.82, 2.24) is 0 Å². The van der Waals surface area contributed by atoms with Crippen LogP contribution in [0.3, 0.4) is 0 Å². The van der Waals surface area contributed by atoms with Gasteiger partial charge in [0.1, 0.15) is 11.4 Å². The first-order chi connectivity index (χ1) is 7.88. The third kappa shape index (κ3) is 3.80. The third-order valence-corrected chi connectivity index (χ3v) is 2.56. The predicted molar refractivity (Wildman–Crippen MR) is 63.0 cm³/mol. The van der Waals surface area contributed by atoms with Crippen LogP contribution in [0.15, 0.2) is 24.3 Å². The molecule has 0 radical (unpaired) electrons. The van der Waals surface area contributed by atoms with Crippen molar-refractivity contribution in [2.75, 3.05) is 7.11 Å². The predicted octanol–water partition coefficient (Wildman–Crippen LogP) is 0.161. The summed E-state index contributed by atoms with van der Waals surface area (Å²) in [4.78, 5) is 22.8. The summed E-state index contributed by atoms with van der Waals surface area (Å²) < 4.78 is 17.5. The van der Waals surface area contributed by atoms with Crippen LogP contribution in [0.2, 0.25) is 10.0 Å². The molecule has 0 saturated carbocycles. The molecule has 0 fully saturated rings. The molecule has 0 aliphatic carbocycles. The first-order valence-electron chi connectivity index (χ1n) is 4.35. The molecule has 0 aliphatic heterocycles. The fraction of sp³-hybridized carbons (Fsp3) is 0.0909. The van der Waals surface area contributed by atoms with E-state index in [0.717, 1.165) is 19.2 Å². The second-order valence-corrected chi connectivity index (χ2v) is 3.86. The summed E-state index contributed by atoms with van der Waals surface area (Å²) >= 11 is 11.2. The van der Waals surface area contributed by atoms with Gasteiger partial charge in [-0.15, -0.1) is 0 Å². The molecule has 0 N–H and O–H groups in total. The van der Waals surface area contributed by atoms with Gasteiger partial charge in [-0.25, -0.2) is 9.18 Å². The first kappa shape index (κ1) is 17.6. The van der Waals surface area contributed by atoms with Gasteiger partial charge in [-0.3, -0.25) is 4.79 Å². The van der Waals surface area contributed by atoms with E-state index in [4.69, 9.17) is 23.2 Å². The number of carbonyl (C=O) groups excluding carboxylic acids is 2. The van der Waals surface area contributed by atoms with Gasteiger partial charge >= 0.3 is 35.5 Å². The molecular formula is C11H8Cl2FNaO3. The molecule has 0 spiro atoms. The zero-order valence-electron chi connectivity index (χ0n) is 10.7. The maximum atomic E-state index is 13.2. The van der Waals surface area contributed by atoms with E-state index in [0.29, 0.717) is 0 Å². The van der Waals surface area contributed by atoms with Crippen molar-refractivity contribution >= 4 is 35.0 Å². The Morgan fingerprint density at radius 2 is 1.89 bits per heavy atom. The van der Waals surface area contributed by atoms with Crippen LogP contribution in [-0.2, 0) is 9.53 Å². The Morgan fingerprint density at radius 1 is 1.33 bits per heavy atom. The zero-order valence-corrected chi connectivity index (χ0v) is 13.2. The van der Waals surface area contributed by atoms with E-state index in [1.165, 1.54) is 0 Å². The molecule has 3 nitrogen and oxygen atoms in total. The molecule has 0 saturated heterocycles. The minimum Gasteiger partial charge on any atom is -1.00 e. The molecular weight excluding hydrogens is 293 g/mol. The number of halogens is 3. The van der Waals surface area contributed by atoms with E-state index >= 15 is 0 Å². The van der Waals surface area contributed by atoms with Crippen molar-refractivity contribution in [3.63, 3.8) is 0 Å². The third-order valence-electron chi connectivity index (χ3n) is 1.96. The second-order valence-electron chi connectivity index (χ2n) is 3.05. The maximum absolute atomic E-state index is 13.2. The number of ether oxygens (including phenoxy) is 1. The van der Waals surface area contributed by atoms with Crippen LogP contribution in [-0.4, -0.2) is 18.9 Å². The molecule has 7 heteroatoms. The Kier molecular flexibility index (Phi) is 7.10. The van der Waals surface area contributed by atoms with Crippen LogP contribution < -0.4 is 29.6 Å². The van der Waals surface area contributed by atoms with Crippen molar-refractivity contribution in [3.8, 4) is 0 Å². The normalized spacial score (nSPS) is 9.33. The molecule has 0 amide bonds. The molecule has 0 atom stereocenters. The summed E-state index contributed by atoms with van der Waals surface area (Å²) in [7, 11) is 1.10. The van der Waals surface area contributed by atoms with Gasteiger partial charge in [-0.05, 0) is 12.1 Å². The average Bonchev–Trinajstić information content (AvgIpc) is 2.31. The molecule has 18 heavy (non-hydrogen) atoms. The number of esters is 1. The fourth-order valence-electron chi connectivity index (χ4n) is 1.08. The Bertz CT molecular complexity index is 523. The Labute approximate surface area is 137 Å². The van der Waals surface area contributed by atoms with Gasteiger partial charge < -0.3 is 6.16 Å². The second kappa shape index (κ2) is 7.26. The number of rotatable bonds is 3. The van der Waals surface area contributed by atoms with Crippen LogP contribution in [0.4, 0.5) is 4.39 Å². The van der Waals surface area contributed by atoms with Crippen molar-refractivity contribution in [3.05, 3.63) is 45.7 Å². The SMILES string of the molecule is C=C(C(=O)OC)C(=O)c1cc(F)c(Cl)cc1Cl.[H-].[Na+]. The Balaban J connectivity index is 0. The van der Waals surface area contributed by atoms with Gasteiger partial charge in [0.05, 0.1) is 17.2 Å². The Morgan fingerprint density at radius 3 is 2.39 bits per heavy atom. The average molecular weight is 301 g/mol. The van der Waals surface area contributed by atoms with E-state index in [-0.39, 0.29) is 46.6 Å². The smallest absolute Gasteiger partial charge is 1.00 e. The minimum atomic E-state index is -0.901. The quantitative estimate of drug-likeness (QED) is 0.152. The van der Waals surface area contributed by atoms with Crippen LogP contribution in [0, 0.1) is 5.82 Å². The van der Waals surface area contributed by atoms with Crippen molar-refractivity contribution in [2.24, 2.45) is 0 Å². The van der Waals surface area contributed by atoms with Gasteiger partial charge in [-0.1, -0.05) is 29.8 Å². The number of methoxy groups -OCH3 is 1. The number of benzene rings is 1. The number of hydrogen-bond donors (Lipinski definition) is 0. The number of ketones is 1.